The van der Waals surface area contributed by atoms with Crippen molar-refractivity contribution in [1.82, 2.24) is 25.0 Å². The van der Waals surface area contributed by atoms with E-state index in [-0.39, 0.29) is 18.1 Å². The second kappa shape index (κ2) is 5.45. The molecule has 0 spiro atoms. The molecule has 0 aliphatic carbocycles. The fourth-order valence-corrected chi connectivity index (χ4v) is 2.10. The van der Waals surface area contributed by atoms with Crippen LogP contribution in [0.15, 0.2) is 35.3 Å². The molecular weight excluding hydrogens is 268 g/mol. The van der Waals surface area contributed by atoms with Gasteiger partial charge in [0.2, 0.25) is 0 Å². The second-order valence-corrected chi connectivity index (χ2v) is 4.89. The zero-order valence-electron chi connectivity index (χ0n) is 11.7. The van der Waals surface area contributed by atoms with Gasteiger partial charge in [0.15, 0.2) is 0 Å². The van der Waals surface area contributed by atoms with E-state index in [4.69, 9.17) is 5.73 Å². The van der Waals surface area contributed by atoms with Gasteiger partial charge in [0.05, 0.1) is 35.5 Å². The van der Waals surface area contributed by atoms with Crippen molar-refractivity contribution in [2.24, 2.45) is 5.73 Å². The number of para-hydroxylation sites is 2. The first-order valence-electron chi connectivity index (χ1n) is 6.81. The van der Waals surface area contributed by atoms with Crippen LogP contribution < -0.4 is 11.3 Å². The van der Waals surface area contributed by atoms with E-state index in [2.05, 4.69) is 20.3 Å². The summed E-state index contributed by atoms with van der Waals surface area (Å²) in [6, 6.07) is 7.28. The summed E-state index contributed by atoms with van der Waals surface area (Å²) in [6.45, 7) is 2.25. The van der Waals surface area contributed by atoms with Crippen LogP contribution in [0.3, 0.4) is 0 Å². The Morgan fingerprint density at radius 3 is 3.00 bits per heavy atom. The molecule has 1 aromatic carbocycles. The van der Waals surface area contributed by atoms with E-state index in [0.29, 0.717) is 5.69 Å². The highest BCUT2D eigenvalue weighted by atomic mass is 16.1. The van der Waals surface area contributed by atoms with Crippen molar-refractivity contribution in [1.29, 1.82) is 0 Å². The summed E-state index contributed by atoms with van der Waals surface area (Å²) in [5, 5.41) is 8.02. The molecule has 3 aromatic rings. The molecule has 0 amide bonds. The smallest absolute Gasteiger partial charge is 0.272 e. The first kappa shape index (κ1) is 13.4. The van der Waals surface area contributed by atoms with Gasteiger partial charge in [-0.3, -0.25) is 4.79 Å². The average molecular weight is 284 g/mol. The largest absolute Gasteiger partial charge is 0.323 e. The molecule has 1 atom stereocenters. The molecule has 0 saturated carbocycles. The number of H-pyrrole nitrogens is 1. The molecule has 0 fully saturated rings. The molecular formula is C14H16N6O. The maximum absolute atomic E-state index is 12.0. The van der Waals surface area contributed by atoms with Crippen molar-refractivity contribution in [3.8, 4) is 0 Å². The molecule has 7 nitrogen and oxygen atoms in total. The molecule has 2 aromatic heterocycles. The normalized spacial score (nSPS) is 12.7. The Kier molecular flexibility index (Phi) is 3.49. The SMILES string of the molecule is CCC(N)c1cn(Cc2nc3ccccc3[nH]c2=O)nn1. The number of nitrogens with one attached hydrogen (secondary N) is 1. The Morgan fingerprint density at radius 1 is 1.38 bits per heavy atom. The minimum Gasteiger partial charge on any atom is -0.323 e. The lowest BCUT2D eigenvalue weighted by Gasteiger charge is -2.03. The number of fused-ring (bicyclic) bond motifs is 1. The Labute approximate surface area is 120 Å². The molecule has 0 saturated heterocycles. The first-order valence-corrected chi connectivity index (χ1v) is 6.81. The molecule has 21 heavy (non-hydrogen) atoms. The predicted molar refractivity (Wildman–Crippen MR) is 78.7 cm³/mol. The van der Waals surface area contributed by atoms with Gasteiger partial charge in [-0.15, -0.1) is 5.10 Å². The first-order chi connectivity index (χ1) is 10.2. The molecule has 1 unspecified atom stereocenters. The molecule has 2 heterocycles. The standard InChI is InChI=1S/C14H16N6O/c1-2-9(15)12-7-20(19-18-12)8-13-14(21)17-11-6-4-3-5-10(11)16-13/h3-7,9H,2,8,15H2,1H3,(H,17,21). The van der Waals surface area contributed by atoms with Crippen LogP contribution in [0.4, 0.5) is 0 Å². The second-order valence-electron chi connectivity index (χ2n) is 4.89. The van der Waals surface area contributed by atoms with Crippen molar-refractivity contribution in [2.45, 2.75) is 25.9 Å². The van der Waals surface area contributed by atoms with Gasteiger partial charge in [-0.2, -0.15) is 0 Å². The van der Waals surface area contributed by atoms with Crippen LogP contribution >= 0.6 is 0 Å². The highest BCUT2D eigenvalue weighted by molar-refractivity contribution is 5.73. The number of benzene rings is 1. The molecule has 0 aliphatic heterocycles. The van der Waals surface area contributed by atoms with Crippen molar-refractivity contribution in [3.63, 3.8) is 0 Å². The minimum atomic E-state index is -0.217. The average Bonchev–Trinajstić information content (AvgIpc) is 2.96. The van der Waals surface area contributed by atoms with Gasteiger partial charge in [0, 0.05) is 0 Å². The number of hydrogen-bond donors (Lipinski definition) is 2. The van der Waals surface area contributed by atoms with Crippen LogP contribution in [0.5, 0.6) is 0 Å². The summed E-state index contributed by atoms with van der Waals surface area (Å²) in [7, 11) is 0. The summed E-state index contributed by atoms with van der Waals surface area (Å²) in [5.41, 5.74) is 8.27. The third kappa shape index (κ3) is 2.68. The fourth-order valence-electron chi connectivity index (χ4n) is 2.10. The molecule has 0 bridgehead atoms. The van der Waals surface area contributed by atoms with E-state index in [1.54, 1.807) is 10.9 Å². The van der Waals surface area contributed by atoms with Crippen molar-refractivity contribution < 1.29 is 0 Å². The number of nitrogens with zero attached hydrogens (tertiary/aromatic N) is 4. The van der Waals surface area contributed by atoms with Gasteiger partial charge in [-0.1, -0.05) is 24.3 Å². The van der Waals surface area contributed by atoms with Crippen LogP contribution in [0.1, 0.15) is 30.8 Å². The number of hydrogen-bond acceptors (Lipinski definition) is 5. The van der Waals surface area contributed by atoms with Gasteiger partial charge in [0.25, 0.3) is 5.56 Å². The van der Waals surface area contributed by atoms with Gasteiger partial charge >= 0.3 is 0 Å². The van der Waals surface area contributed by atoms with Crippen LogP contribution in [-0.2, 0) is 6.54 Å². The Balaban J connectivity index is 1.92. The van der Waals surface area contributed by atoms with Gasteiger partial charge in [-0.05, 0) is 18.6 Å². The Morgan fingerprint density at radius 2 is 2.19 bits per heavy atom. The zero-order chi connectivity index (χ0) is 14.8. The Hall–Kier alpha value is -2.54. The summed E-state index contributed by atoms with van der Waals surface area (Å²) in [5.74, 6) is 0. The maximum atomic E-state index is 12.0. The lowest BCUT2D eigenvalue weighted by molar-refractivity contribution is 0.632. The molecule has 3 rings (SSSR count). The third-order valence-corrected chi connectivity index (χ3v) is 3.36. The molecule has 3 N–H and O–H groups in total. The highest BCUT2D eigenvalue weighted by Gasteiger charge is 2.10. The van der Waals surface area contributed by atoms with E-state index in [1.165, 1.54) is 0 Å². The third-order valence-electron chi connectivity index (χ3n) is 3.36. The Bertz CT molecular complexity index is 821. The van der Waals surface area contributed by atoms with E-state index >= 15 is 0 Å². The van der Waals surface area contributed by atoms with E-state index in [9.17, 15) is 4.79 Å². The summed E-state index contributed by atoms with van der Waals surface area (Å²) < 4.78 is 1.58. The van der Waals surface area contributed by atoms with Crippen LogP contribution in [0.25, 0.3) is 11.0 Å². The van der Waals surface area contributed by atoms with Crippen LogP contribution in [-0.4, -0.2) is 25.0 Å². The summed E-state index contributed by atoms with van der Waals surface area (Å²) in [6.07, 6.45) is 2.54. The number of aromatic nitrogens is 5. The summed E-state index contributed by atoms with van der Waals surface area (Å²) in [4.78, 5) is 19.2. The van der Waals surface area contributed by atoms with Gasteiger partial charge in [0.1, 0.15) is 5.69 Å². The lowest BCUT2D eigenvalue weighted by atomic mass is 10.2. The number of nitrogens with two attached hydrogens (primary N) is 1. The van der Waals surface area contributed by atoms with Crippen LogP contribution in [0.2, 0.25) is 0 Å². The molecule has 108 valence electrons. The lowest BCUT2D eigenvalue weighted by Crippen LogP contribution is -2.18. The summed E-state index contributed by atoms with van der Waals surface area (Å²) >= 11 is 0. The molecule has 7 heteroatoms. The predicted octanol–water partition coefficient (Wildman–Crippen LogP) is 0.973. The highest BCUT2D eigenvalue weighted by Crippen LogP contribution is 2.10. The zero-order valence-corrected chi connectivity index (χ0v) is 11.7. The fraction of sp³-hybridized carbons (Fsp3) is 0.286. The van der Waals surface area contributed by atoms with E-state index in [1.807, 2.05) is 31.2 Å². The van der Waals surface area contributed by atoms with Gasteiger partial charge in [-0.25, -0.2) is 9.67 Å². The van der Waals surface area contributed by atoms with Crippen molar-refractivity contribution >= 4 is 11.0 Å². The number of rotatable bonds is 4. The number of aromatic amines is 1. The maximum Gasteiger partial charge on any atom is 0.272 e. The molecule has 0 radical (unpaired) electrons. The minimum absolute atomic E-state index is 0.137. The monoisotopic (exact) mass is 284 g/mol. The van der Waals surface area contributed by atoms with Crippen LogP contribution in [0, 0.1) is 0 Å². The van der Waals surface area contributed by atoms with Crippen molar-refractivity contribution in [2.75, 3.05) is 0 Å². The topological polar surface area (TPSA) is 102 Å². The van der Waals surface area contributed by atoms with Gasteiger partial charge < -0.3 is 10.7 Å². The van der Waals surface area contributed by atoms with Crippen molar-refractivity contribution in [3.05, 3.63) is 52.2 Å². The van der Waals surface area contributed by atoms with E-state index < -0.39 is 0 Å². The molecule has 0 aliphatic rings. The van der Waals surface area contributed by atoms with E-state index in [0.717, 1.165) is 23.1 Å². The quantitative estimate of drug-likeness (QED) is 0.743.